The molecule has 86 valence electrons. The van der Waals surface area contributed by atoms with Gasteiger partial charge in [0.1, 0.15) is 0 Å². The van der Waals surface area contributed by atoms with Gasteiger partial charge in [0.25, 0.3) is 0 Å². The van der Waals surface area contributed by atoms with Crippen molar-refractivity contribution in [3.63, 3.8) is 0 Å². The Kier molecular flexibility index (Phi) is 5.87. The molecule has 4 N–H and O–H groups in total. The Balaban J connectivity index is 4.08. The van der Waals surface area contributed by atoms with Gasteiger partial charge < -0.3 is 20.6 Å². The Hall–Kier alpha value is 0.0800. The summed E-state index contributed by atoms with van der Waals surface area (Å²) in [5.41, 5.74) is -1.26. The summed E-state index contributed by atoms with van der Waals surface area (Å²) in [5.74, 6) is -0.337. The molecule has 0 bridgehead atoms. The molecule has 0 aliphatic rings. The molecule has 0 radical (unpaired) electrons. The minimum absolute atomic E-state index is 0.0481. The summed E-state index contributed by atoms with van der Waals surface area (Å²) in [4.78, 5) is 0. The fourth-order valence-electron chi connectivity index (χ4n) is 0.756. The average Bonchev–Trinajstić information content (AvgIpc) is 2.11. The van der Waals surface area contributed by atoms with Crippen molar-refractivity contribution >= 4 is 19.7 Å². The maximum atomic E-state index is 10.5. The molecule has 0 fully saturated rings. The molecule has 0 atom stereocenters. The van der Waals surface area contributed by atoms with Crippen LogP contribution in [-0.2, 0) is 9.05 Å². The molecule has 0 spiro atoms. The lowest BCUT2D eigenvalue weighted by Gasteiger charge is -2.28. The smallest absolute Gasteiger partial charge is 0.233 e. The van der Waals surface area contributed by atoms with E-state index in [9.17, 15) is 8.42 Å². The molecule has 0 aliphatic heterocycles. The standard InChI is InChI=1S/C6H14ClNO5S/c7-14(12,13)2-1-8-6(3-9,4-10)5-11/h8-11H,1-5H2. The van der Waals surface area contributed by atoms with E-state index < -0.39 is 34.4 Å². The molecule has 6 nitrogen and oxygen atoms in total. The van der Waals surface area contributed by atoms with Crippen molar-refractivity contribution in [2.24, 2.45) is 0 Å². The maximum Gasteiger partial charge on any atom is 0.233 e. The molecule has 0 aromatic rings. The second-order valence-corrected chi connectivity index (χ2v) is 5.82. The normalized spacial score (nSPS) is 13.1. The van der Waals surface area contributed by atoms with Gasteiger partial charge in [0, 0.05) is 17.2 Å². The Bertz CT molecular complexity index is 243. The van der Waals surface area contributed by atoms with E-state index in [1.807, 2.05) is 0 Å². The van der Waals surface area contributed by atoms with E-state index in [1.165, 1.54) is 0 Å². The molecule has 0 rings (SSSR count). The van der Waals surface area contributed by atoms with Crippen LogP contribution in [0.5, 0.6) is 0 Å². The van der Waals surface area contributed by atoms with Crippen LogP contribution in [-0.4, -0.2) is 61.4 Å². The summed E-state index contributed by atoms with van der Waals surface area (Å²) < 4.78 is 21.0. The minimum atomic E-state index is -3.61. The lowest BCUT2D eigenvalue weighted by atomic mass is 10.0. The van der Waals surface area contributed by atoms with E-state index in [4.69, 9.17) is 26.0 Å². The highest BCUT2D eigenvalue weighted by molar-refractivity contribution is 8.13. The van der Waals surface area contributed by atoms with Crippen LogP contribution in [0.1, 0.15) is 0 Å². The van der Waals surface area contributed by atoms with Crippen molar-refractivity contribution in [3.05, 3.63) is 0 Å². The van der Waals surface area contributed by atoms with E-state index in [0.29, 0.717) is 0 Å². The number of aliphatic hydroxyl groups excluding tert-OH is 3. The highest BCUT2D eigenvalue weighted by Gasteiger charge is 2.27. The van der Waals surface area contributed by atoms with Crippen molar-refractivity contribution in [3.8, 4) is 0 Å². The van der Waals surface area contributed by atoms with Crippen LogP contribution in [0.3, 0.4) is 0 Å². The number of nitrogens with one attached hydrogen (secondary N) is 1. The SMILES string of the molecule is O=S(=O)(Cl)CCNC(CO)(CO)CO. The number of rotatable bonds is 7. The third-order valence-corrected chi connectivity index (χ3v) is 2.91. The molecule has 0 aliphatic carbocycles. The number of halogens is 1. The van der Waals surface area contributed by atoms with Crippen molar-refractivity contribution in [1.82, 2.24) is 5.32 Å². The third-order valence-electron chi connectivity index (χ3n) is 1.75. The zero-order valence-corrected chi connectivity index (χ0v) is 9.05. The van der Waals surface area contributed by atoms with E-state index in [1.54, 1.807) is 0 Å². The number of hydrogen-bond acceptors (Lipinski definition) is 6. The predicted octanol–water partition coefficient (Wildman–Crippen LogP) is -2.14. The molecule has 8 heteroatoms. The van der Waals surface area contributed by atoms with Gasteiger partial charge in [0.15, 0.2) is 0 Å². The Morgan fingerprint density at radius 1 is 1.14 bits per heavy atom. The summed E-state index contributed by atoms with van der Waals surface area (Å²) in [7, 11) is 1.33. The zero-order chi connectivity index (χ0) is 11.2. The highest BCUT2D eigenvalue weighted by atomic mass is 35.7. The van der Waals surface area contributed by atoms with Gasteiger partial charge >= 0.3 is 0 Å². The molecular formula is C6H14ClNO5S. The molecule has 0 saturated carbocycles. The first-order valence-corrected chi connectivity index (χ1v) is 6.37. The monoisotopic (exact) mass is 247 g/mol. The van der Waals surface area contributed by atoms with Crippen molar-refractivity contribution < 1.29 is 23.7 Å². The summed E-state index contributed by atoms with van der Waals surface area (Å²) >= 11 is 0. The van der Waals surface area contributed by atoms with E-state index in [-0.39, 0.29) is 12.3 Å². The minimum Gasteiger partial charge on any atom is -0.394 e. The number of aliphatic hydroxyl groups is 3. The second-order valence-electron chi connectivity index (χ2n) is 2.92. The predicted molar refractivity (Wildman–Crippen MR) is 51.6 cm³/mol. The highest BCUT2D eigenvalue weighted by Crippen LogP contribution is 2.02. The summed E-state index contributed by atoms with van der Waals surface area (Å²) in [5, 5.41) is 29.0. The van der Waals surface area contributed by atoms with Crippen molar-refractivity contribution in [1.29, 1.82) is 0 Å². The molecule has 0 heterocycles. The molecular weight excluding hydrogens is 234 g/mol. The van der Waals surface area contributed by atoms with Gasteiger partial charge in [0.05, 0.1) is 31.1 Å². The zero-order valence-electron chi connectivity index (χ0n) is 7.48. The molecule has 0 aromatic heterocycles. The second kappa shape index (κ2) is 5.84. The first-order chi connectivity index (χ1) is 6.39. The van der Waals surface area contributed by atoms with Gasteiger partial charge in [0.2, 0.25) is 9.05 Å². The Labute approximate surface area is 86.9 Å². The Morgan fingerprint density at radius 2 is 1.57 bits per heavy atom. The van der Waals surface area contributed by atoms with Crippen LogP contribution in [0.25, 0.3) is 0 Å². The summed E-state index contributed by atoms with van der Waals surface area (Å²) in [6.45, 7) is -1.54. The van der Waals surface area contributed by atoms with Gasteiger partial charge in [-0.3, -0.25) is 0 Å². The first-order valence-electron chi connectivity index (χ1n) is 3.89. The van der Waals surface area contributed by atoms with Crippen LogP contribution in [0.2, 0.25) is 0 Å². The third kappa shape index (κ3) is 5.08. The van der Waals surface area contributed by atoms with E-state index >= 15 is 0 Å². The van der Waals surface area contributed by atoms with Crippen LogP contribution < -0.4 is 5.32 Å². The quantitative estimate of drug-likeness (QED) is 0.383. The van der Waals surface area contributed by atoms with Gasteiger partial charge in [-0.2, -0.15) is 0 Å². The summed E-state index contributed by atoms with van der Waals surface area (Å²) in [6.07, 6.45) is 0. The van der Waals surface area contributed by atoms with E-state index in [2.05, 4.69) is 5.32 Å². The average molecular weight is 248 g/mol. The lowest BCUT2D eigenvalue weighted by Crippen LogP contribution is -2.55. The van der Waals surface area contributed by atoms with Gasteiger partial charge in [-0.05, 0) is 0 Å². The first kappa shape index (κ1) is 14.1. The fraction of sp³-hybridized carbons (Fsp3) is 1.00. The Morgan fingerprint density at radius 3 is 1.86 bits per heavy atom. The van der Waals surface area contributed by atoms with Crippen molar-refractivity contribution in [2.75, 3.05) is 32.1 Å². The molecule has 0 saturated heterocycles. The molecule has 0 unspecified atom stereocenters. The van der Waals surface area contributed by atoms with Crippen LogP contribution in [0.15, 0.2) is 0 Å². The topological polar surface area (TPSA) is 107 Å². The fourth-order valence-corrected chi connectivity index (χ4v) is 1.33. The summed E-state index contributed by atoms with van der Waals surface area (Å²) in [6, 6.07) is 0. The van der Waals surface area contributed by atoms with E-state index in [0.717, 1.165) is 0 Å². The molecule has 14 heavy (non-hydrogen) atoms. The van der Waals surface area contributed by atoms with Crippen LogP contribution in [0, 0.1) is 0 Å². The van der Waals surface area contributed by atoms with Crippen LogP contribution >= 0.6 is 10.7 Å². The molecule has 0 amide bonds. The van der Waals surface area contributed by atoms with Gasteiger partial charge in [-0.15, -0.1) is 0 Å². The largest absolute Gasteiger partial charge is 0.394 e. The van der Waals surface area contributed by atoms with Crippen LogP contribution in [0.4, 0.5) is 0 Å². The van der Waals surface area contributed by atoms with Gasteiger partial charge in [-0.1, -0.05) is 0 Å². The van der Waals surface area contributed by atoms with Crippen molar-refractivity contribution in [2.45, 2.75) is 5.54 Å². The maximum absolute atomic E-state index is 10.5. The lowest BCUT2D eigenvalue weighted by molar-refractivity contribution is 0.0441. The van der Waals surface area contributed by atoms with Gasteiger partial charge in [-0.25, -0.2) is 8.42 Å². The number of hydrogen-bond donors (Lipinski definition) is 4. The molecule has 0 aromatic carbocycles.